The first-order valence-electron chi connectivity index (χ1n) is 6.53. The van der Waals surface area contributed by atoms with Gasteiger partial charge in [-0.1, -0.05) is 27.5 Å². The van der Waals surface area contributed by atoms with E-state index < -0.39 is 5.97 Å². The largest absolute Gasteiger partial charge is 0.482 e. The van der Waals surface area contributed by atoms with Crippen LogP contribution in [0, 0.1) is 5.92 Å². The number of carbonyl (C=O) groups excluding carboxylic acids is 1. The van der Waals surface area contributed by atoms with E-state index in [1.165, 1.54) is 4.90 Å². The van der Waals surface area contributed by atoms with E-state index in [-0.39, 0.29) is 19.1 Å². The molecule has 0 atom stereocenters. The molecule has 0 saturated heterocycles. The highest BCUT2D eigenvalue weighted by atomic mass is 79.9. The molecule has 0 unspecified atom stereocenters. The molecule has 0 aliphatic heterocycles. The zero-order valence-corrected chi connectivity index (χ0v) is 13.6. The molecular weight excluding hydrogens is 362 g/mol. The van der Waals surface area contributed by atoms with Gasteiger partial charge in [0.15, 0.2) is 6.61 Å². The van der Waals surface area contributed by atoms with Crippen LogP contribution >= 0.6 is 27.5 Å². The Hall–Kier alpha value is -1.27. The van der Waals surface area contributed by atoms with E-state index in [9.17, 15) is 9.59 Å². The molecule has 2 rings (SSSR count). The van der Waals surface area contributed by atoms with Crippen LogP contribution in [0.15, 0.2) is 22.7 Å². The van der Waals surface area contributed by atoms with Gasteiger partial charge in [-0.15, -0.1) is 0 Å². The second-order valence-corrected chi connectivity index (χ2v) is 6.30. The lowest BCUT2D eigenvalue weighted by Crippen LogP contribution is -2.40. The number of nitrogens with zero attached hydrogens (tertiary/aromatic N) is 1. The van der Waals surface area contributed by atoms with Gasteiger partial charge in [0.25, 0.3) is 5.91 Å². The fourth-order valence-corrected chi connectivity index (χ4v) is 2.58. The summed E-state index contributed by atoms with van der Waals surface area (Å²) >= 11 is 9.28. The van der Waals surface area contributed by atoms with Gasteiger partial charge in [-0.3, -0.25) is 9.59 Å². The topological polar surface area (TPSA) is 66.8 Å². The van der Waals surface area contributed by atoms with Crippen LogP contribution in [0.3, 0.4) is 0 Å². The molecular formula is C14H15BrClNO4. The van der Waals surface area contributed by atoms with E-state index >= 15 is 0 Å². The molecule has 1 aliphatic carbocycles. The maximum absolute atomic E-state index is 12.1. The minimum atomic E-state index is -1.02. The average Bonchev–Trinajstić information content (AvgIpc) is 3.20. The molecule has 1 aliphatic rings. The summed E-state index contributed by atoms with van der Waals surface area (Å²) in [6.45, 7) is -0.0450. The third-order valence-electron chi connectivity index (χ3n) is 3.10. The number of carboxylic acid groups (broad SMARTS) is 1. The van der Waals surface area contributed by atoms with Crippen LogP contribution in [-0.2, 0) is 9.59 Å². The monoisotopic (exact) mass is 375 g/mol. The van der Waals surface area contributed by atoms with E-state index in [4.69, 9.17) is 21.4 Å². The molecule has 1 fully saturated rings. The van der Waals surface area contributed by atoms with Crippen LogP contribution in [0.25, 0.3) is 0 Å². The van der Waals surface area contributed by atoms with Crippen molar-refractivity contribution in [1.29, 1.82) is 0 Å². The van der Waals surface area contributed by atoms with E-state index in [1.54, 1.807) is 18.2 Å². The molecule has 1 N–H and O–H groups in total. The van der Waals surface area contributed by atoms with Crippen molar-refractivity contribution in [2.75, 3.05) is 19.7 Å². The minimum absolute atomic E-state index is 0.221. The van der Waals surface area contributed by atoms with Crippen molar-refractivity contribution in [2.45, 2.75) is 12.8 Å². The molecule has 0 bridgehead atoms. The number of carbonyl (C=O) groups is 2. The summed E-state index contributed by atoms with van der Waals surface area (Å²) in [6, 6.07) is 5.08. The molecule has 1 aromatic carbocycles. The van der Waals surface area contributed by atoms with E-state index in [2.05, 4.69) is 15.9 Å². The molecule has 1 amide bonds. The smallest absolute Gasteiger partial charge is 0.323 e. The summed E-state index contributed by atoms with van der Waals surface area (Å²) in [6.07, 6.45) is 2.09. The minimum Gasteiger partial charge on any atom is -0.482 e. The molecule has 1 aromatic rings. The highest BCUT2D eigenvalue weighted by Gasteiger charge is 2.28. The van der Waals surface area contributed by atoms with Gasteiger partial charge in [-0.2, -0.15) is 0 Å². The quantitative estimate of drug-likeness (QED) is 0.794. The Kier molecular flexibility index (Phi) is 5.47. The number of amides is 1. The first-order valence-corrected chi connectivity index (χ1v) is 7.70. The lowest BCUT2D eigenvalue weighted by Gasteiger charge is -2.20. The molecule has 0 aromatic heterocycles. The van der Waals surface area contributed by atoms with E-state index in [1.807, 2.05) is 0 Å². The van der Waals surface area contributed by atoms with Crippen molar-refractivity contribution in [1.82, 2.24) is 4.90 Å². The van der Waals surface area contributed by atoms with Crippen LogP contribution in [0.2, 0.25) is 5.02 Å². The molecule has 0 spiro atoms. The Morgan fingerprint density at radius 2 is 2.14 bits per heavy atom. The van der Waals surface area contributed by atoms with Crippen LogP contribution in [0.5, 0.6) is 5.75 Å². The number of carboxylic acids is 1. The van der Waals surface area contributed by atoms with Gasteiger partial charge >= 0.3 is 5.97 Å². The fourth-order valence-electron chi connectivity index (χ4n) is 1.85. The van der Waals surface area contributed by atoms with Crippen LogP contribution in [-0.4, -0.2) is 41.6 Å². The van der Waals surface area contributed by atoms with Crippen LogP contribution < -0.4 is 4.74 Å². The third-order valence-corrected chi connectivity index (χ3v) is 3.89. The Morgan fingerprint density at radius 3 is 2.71 bits per heavy atom. The van der Waals surface area contributed by atoms with Gasteiger partial charge in [0, 0.05) is 11.0 Å². The lowest BCUT2D eigenvalue weighted by atomic mass is 10.3. The fraction of sp³-hybridized carbons (Fsp3) is 0.429. The van der Waals surface area contributed by atoms with Gasteiger partial charge in [-0.05, 0) is 37.0 Å². The summed E-state index contributed by atoms with van der Waals surface area (Å²) in [4.78, 5) is 24.2. The number of rotatable bonds is 7. The Morgan fingerprint density at radius 1 is 1.43 bits per heavy atom. The molecule has 7 heteroatoms. The van der Waals surface area contributed by atoms with Gasteiger partial charge in [0.05, 0.1) is 5.02 Å². The molecule has 114 valence electrons. The van der Waals surface area contributed by atoms with Gasteiger partial charge in [0.1, 0.15) is 12.3 Å². The van der Waals surface area contributed by atoms with Crippen molar-refractivity contribution < 1.29 is 19.4 Å². The molecule has 1 saturated carbocycles. The SMILES string of the molecule is O=C(O)CN(CC1CC1)C(=O)COc1ccc(Br)cc1Cl. The summed E-state index contributed by atoms with van der Waals surface area (Å²) in [7, 11) is 0. The second kappa shape index (κ2) is 7.13. The second-order valence-electron chi connectivity index (χ2n) is 4.97. The Bertz CT molecular complexity index is 548. The predicted molar refractivity (Wildman–Crippen MR) is 81.6 cm³/mol. The standard InChI is InChI=1S/C14H15BrClNO4/c15-10-3-4-12(11(16)5-10)21-8-13(18)17(7-14(19)20)6-9-1-2-9/h3-5,9H,1-2,6-8H2,(H,19,20). The summed E-state index contributed by atoms with van der Waals surface area (Å²) < 4.78 is 6.19. The highest BCUT2D eigenvalue weighted by molar-refractivity contribution is 9.10. The zero-order chi connectivity index (χ0) is 15.4. The number of ether oxygens (including phenoxy) is 1. The number of aliphatic carboxylic acids is 1. The van der Waals surface area contributed by atoms with Crippen LogP contribution in [0.4, 0.5) is 0 Å². The summed E-state index contributed by atoms with van der Waals surface area (Å²) in [5.74, 6) is -0.548. The highest BCUT2D eigenvalue weighted by Crippen LogP contribution is 2.30. The van der Waals surface area contributed by atoms with Crippen molar-refractivity contribution in [3.8, 4) is 5.75 Å². The van der Waals surface area contributed by atoms with E-state index in [0.717, 1.165) is 17.3 Å². The van der Waals surface area contributed by atoms with Crippen molar-refractivity contribution in [3.63, 3.8) is 0 Å². The summed E-state index contributed by atoms with van der Waals surface area (Å²) in [5.41, 5.74) is 0. The molecule has 0 heterocycles. The molecule has 21 heavy (non-hydrogen) atoms. The zero-order valence-electron chi connectivity index (χ0n) is 11.2. The van der Waals surface area contributed by atoms with Gasteiger partial charge < -0.3 is 14.7 Å². The van der Waals surface area contributed by atoms with E-state index in [0.29, 0.717) is 23.2 Å². The van der Waals surface area contributed by atoms with Crippen molar-refractivity contribution in [2.24, 2.45) is 5.92 Å². The van der Waals surface area contributed by atoms with Gasteiger partial charge in [-0.25, -0.2) is 0 Å². The lowest BCUT2D eigenvalue weighted by molar-refractivity contribution is -0.145. The Labute approximate surface area is 136 Å². The number of hydrogen-bond acceptors (Lipinski definition) is 3. The maximum Gasteiger partial charge on any atom is 0.323 e. The first kappa shape index (κ1) is 16.1. The predicted octanol–water partition coefficient (Wildman–Crippen LogP) is 2.80. The van der Waals surface area contributed by atoms with Crippen molar-refractivity contribution >= 4 is 39.4 Å². The maximum atomic E-state index is 12.1. The summed E-state index contributed by atoms with van der Waals surface area (Å²) in [5, 5.41) is 9.26. The Balaban J connectivity index is 1.92. The third kappa shape index (κ3) is 5.21. The molecule has 5 nitrogen and oxygen atoms in total. The molecule has 0 radical (unpaired) electrons. The van der Waals surface area contributed by atoms with Gasteiger partial charge in [0.2, 0.25) is 0 Å². The normalized spacial score (nSPS) is 13.8. The average molecular weight is 377 g/mol. The number of benzene rings is 1. The first-order chi connectivity index (χ1) is 9.95. The van der Waals surface area contributed by atoms with Crippen LogP contribution in [0.1, 0.15) is 12.8 Å². The number of halogens is 2. The van der Waals surface area contributed by atoms with Crippen molar-refractivity contribution in [3.05, 3.63) is 27.7 Å². The number of hydrogen-bond donors (Lipinski definition) is 1.